The molecule has 0 bridgehead atoms. The SMILES string of the molecule is Cc1cc(Br)ccc1Cc1sc(N)nc1C(C)C. The van der Waals surface area contributed by atoms with Crippen molar-refractivity contribution in [3.63, 3.8) is 0 Å². The molecule has 1 aromatic heterocycles. The summed E-state index contributed by atoms with van der Waals surface area (Å²) in [5, 5.41) is 0.670. The molecule has 96 valence electrons. The van der Waals surface area contributed by atoms with E-state index in [1.54, 1.807) is 11.3 Å². The van der Waals surface area contributed by atoms with Gasteiger partial charge in [-0.2, -0.15) is 0 Å². The highest BCUT2D eigenvalue weighted by molar-refractivity contribution is 9.10. The number of hydrogen-bond donors (Lipinski definition) is 1. The molecule has 0 spiro atoms. The van der Waals surface area contributed by atoms with Gasteiger partial charge in [0.05, 0.1) is 5.69 Å². The molecule has 4 heteroatoms. The normalized spacial score (nSPS) is 11.2. The lowest BCUT2D eigenvalue weighted by atomic mass is 10.0. The maximum absolute atomic E-state index is 5.83. The van der Waals surface area contributed by atoms with Gasteiger partial charge in [0, 0.05) is 15.8 Å². The number of rotatable bonds is 3. The minimum Gasteiger partial charge on any atom is -0.375 e. The van der Waals surface area contributed by atoms with Gasteiger partial charge in [-0.05, 0) is 36.1 Å². The second kappa shape index (κ2) is 5.41. The van der Waals surface area contributed by atoms with Gasteiger partial charge in [-0.3, -0.25) is 0 Å². The second-order valence-corrected chi connectivity index (χ2v) is 6.79. The minimum absolute atomic E-state index is 0.421. The van der Waals surface area contributed by atoms with Crippen molar-refractivity contribution in [1.29, 1.82) is 0 Å². The summed E-state index contributed by atoms with van der Waals surface area (Å²) in [6.45, 7) is 6.46. The lowest BCUT2D eigenvalue weighted by Gasteiger charge is -2.08. The van der Waals surface area contributed by atoms with Gasteiger partial charge in [0.1, 0.15) is 0 Å². The molecule has 0 aliphatic rings. The molecule has 0 aliphatic carbocycles. The summed E-state index contributed by atoms with van der Waals surface area (Å²) < 4.78 is 1.12. The van der Waals surface area contributed by atoms with Crippen LogP contribution in [0.1, 0.15) is 41.5 Å². The molecule has 18 heavy (non-hydrogen) atoms. The van der Waals surface area contributed by atoms with Crippen molar-refractivity contribution in [2.75, 3.05) is 5.73 Å². The highest BCUT2D eigenvalue weighted by Gasteiger charge is 2.14. The van der Waals surface area contributed by atoms with Crippen LogP contribution >= 0.6 is 27.3 Å². The second-order valence-electron chi connectivity index (χ2n) is 4.76. The van der Waals surface area contributed by atoms with Crippen LogP contribution in [0.25, 0.3) is 0 Å². The van der Waals surface area contributed by atoms with Gasteiger partial charge < -0.3 is 5.73 Å². The molecule has 2 N–H and O–H groups in total. The molecule has 0 saturated carbocycles. The average molecular weight is 325 g/mol. The van der Waals surface area contributed by atoms with E-state index in [0.29, 0.717) is 11.0 Å². The molecule has 2 rings (SSSR count). The Bertz CT molecular complexity index is 561. The van der Waals surface area contributed by atoms with Crippen LogP contribution < -0.4 is 5.73 Å². The Morgan fingerprint density at radius 3 is 2.72 bits per heavy atom. The molecule has 0 atom stereocenters. The summed E-state index contributed by atoms with van der Waals surface area (Å²) in [6, 6.07) is 6.40. The molecular formula is C14H17BrN2S. The van der Waals surface area contributed by atoms with E-state index in [1.807, 2.05) is 0 Å². The number of benzene rings is 1. The van der Waals surface area contributed by atoms with Crippen molar-refractivity contribution in [3.8, 4) is 0 Å². The fraction of sp³-hybridized carbons (Fsp3) is 0.357. The van der Waals surface area contributed by atoms with Crippen LogP contribution in [0, 0.1) is 6.92 Å². The first kappa shape index (κ1) is 13.6. The van der Waals surface area contributed by atoms with Crippen LogP contribution in [0.4, 0.5) is 5.13 Å². The Kier molecular flexibility index (Phi) is 4.07. The van der Waals surface area contributed by atoms with E-state index in [-0.39, 0.29) is 0 Å². The molecule has 0 radical (unpaired) electrons. The predicted octanol–water partition coefficient (Wildman–Crippen LogP) is 4.51. The first-order valence-electron chi connectivity index (χ1n) is 5.97. The highest BCUT2D eigenvalue weighted by Crippen LogP contribution is 2.30. The monoisotopic (exact) mass is 324 g/mol. The van der Waals surface area contributed by atoms with Crippen molar-refractivity contribution in [1.82, 2.24) is 4.98 Å². The molecule has 0 fully saturated rings. The predicted molar refractivity (Wildman–Crippen MR) is 82.3 cm³/mol. The largest absolute Gasteiger partial charge is 0.375 e. The van der Waals surface area contributed by atoms with Gasteiger partial charge in [0.25, 0.3) is 0 Å². The summed E-state index contributed by atoms with van der Waals surface area (Å²) in [7, 11) is 0. The lowest BCUT2D eigenvalue weighted by molar-refractivity contribution is 0.820. The van der Waals surface area contributed by atoms with E-state index in [2.05, 4.69) is 59.9 Å². The molecule has 0 unspecified atom stereocenters. The van der Waals surface area contributed by atoms with Gasteiger partial charge in [-0.1, -0.05) is 35.8 Å². The third-order valence-electron chi connectivity index (χ3n) is 2.95. The zero-order valence-corrected chi connectivity index (χ0v) is 13.2. The van der Waals surface area contributed by atoms with Gasteiger partial charge in [0.15, 0.2) is 5.13 Å². The number of nitrogens with two attached hydrogens (primary N) is 1. The minimum atomic E-state index is 0.421. The highest BCUT2D eigenvalue weighted by atomic mass is 79.9. The zero-order valence-electron chi connectivity index (χ0n) is 10.8. The van der Waals surface area contributed by atoms with Gasteiger partial charge in [-0.25, -0.2) is 4.98 Å². The van der Waals surface area contributed by atoms with E-state index in [0.717, 1.165) is 16.6 Å². The first-order chi connectivity index (χ1) is 8.47. The molecule has 0 aliphatic heterocycles. The maximum Gasteiger partial charge on any atom is 0.180 e. The number of nitrogens with zero attached hydrogens (tertiary/aromatic N) is 1. The van der Waals surface area contributed by atoms with Crippen molar-refractivity contribution in [2.24, 2.45) is 0 Å². The van der Waals surface area contributed by atoms with Crippen LogP contribution in [0.3, 0.4) is 0 Å². The van der Waals surface area contributed by atoms with Crippen molar-refractivity contribution in [3.05, 3.63) is 44.4 Å². The van der Waals surface area contributed by atoms with E-state index in [1.165, 1.54) is 16.0 Å². The number of aromatic nitrogens is 1. The number of aryl methyl sites for hydroxylation is 1. The Morgan fingerprint density at radius 1 is 1.39 bits per heavy atom. The number of hydrogen-bond acceptors (Lipinski definition) is 3. The Labute approximate surface area is 120 Å². The van der Waals surface area contributed by atoms with Crippen molar-refractivity contribution >= 4 is 32.4 Å². The van der Waals surface area contributed by atoms with Gasteiger partial charge in [-0.15, -0.1) is 11.3 Å². The van der Waals surface area contributed by atoms with E-state index in [9.17, 15) is 0 Å². The van der Waals surface area contributed by atoms with Crippen LogP contribution in [-0.4, -0.2) is 4.98 Å². The molecule has 1 heterocycles. The average Bonchev–Trinajstić information content (AvgIpc) is 2.64. The summed E-state index contributed by atoms with van der Waals surface area (Å²) in [6.07, 6.45) is 0.918. The van der Waals surface area contributed by atoms with Gasteiger partial charge >= 0.3 is 0 Å². The number of nitrogen functional groups attached to an aromatic ring is 1. The molecule has 0 saturated heterocycles. The summed E-state index contributed by atoms with van der Waals surface area (Å²) in [4.78, 5) is 5.73. The molecule has 2 aromatic rings. The fourth-order valence-corrected chi connectivity index (χ4v) is 3.48. The van der Waals surface area contributed by atoms with Crippen molar-refractivity contribution in [2.45, 2.75) is 33.1 Å². The smallest absolute Gasteiger partial charge is 0.180 e. The van der Waals surface area contributed by atoms with Crippen LogP contribution in [0.2, 0.25) is 0 Å². The Balaban J connectivity index is 2.33. The quantitative estimate of drug-likeness (QED) is 0.902. The third kappa shape index (κ3) is 2.93. The molecule has 1 aromatic carbocycles. The lowest BCUT2D eigenvalue weighted by Crippen LogP contribution is -1.96. The standard InChI is InChI=1S/C14H17BrN2S/c1-8(2)13-12(18-14(16)17-13)7-10-4-5-11(15)6-9(10)3/h4-6,8H,7H2,1-3H3,(H2,16,17). The number of thiazole rings is 1. The number of halogens is 1. The van der Waals surface area contributed by atoms with Crippen LogP contribution in [-0.2, 0) is 6.42 Å². The van der Waals surface area contributed by atoms with Crippen molar-refractivity contribution < 1.29 is 0 Å². The molecule has 0 amide bonds. The Morgan fingerprint density at radius 2 is 2.11 bits per heavy atom. The third-order valence-corrected chi connectivity index (χ3v) is 4.34. The number of anilines is 1. The summed E-state index contributed by atoms with van der Waals surface area (Å²) in [5.41, 5.74) is 9.61. The van der Waals surface area contributed by atoms with Gasteiger partial charge in [0.2, 0.25) is 0 Å². The van der Waals surface area contributed by atoms with Crippen LogP contribution in [0.15, 0.2) is 22.7 Å². The fourth-order valence-electron chi connectivity index (χ4n) is 1.99. The van der Waals surface area contributed by atoms with E-state index >= 15 is 0 Å². The summed E-state index contributed by atoms with van der Waals surface area (Å²) in [5.74, 6) is 0.421. The molecule has 2 nitrogen and oxygen atoms in total. The zero-order chi connectivity index (χ0) is 13.3. The topological polar surface area (TPSA) is 38.9 Å². The van der Waals surface area contributed by atoms with Crippen LogP contribution in [0.5, 0.6) is 0 Å². The Hall–Kier alpha value is -0.870. The van der Waals surface area contributed by atoms with E-state index < -0.39 is 0 Å². The van der Waals surface area contributed by atoms with E-state index in [4.69, 9.17) is 5.73 Å². The summed E-state index contributed by atoms with van der Waals surface area (Å²) >= 11 is 5.10. The maximum atomic E-state index is 5.83. The molecular weight excluding hydrogens is 308 g/mol. The first-order valence-corrected chi connectivity index (χ1v) is 7.58.